The Morgan fingerprint density at radius 2 is 0.860 bits per heavy atom. The van der Waals surface area contributed by atoms with Crippen LogP contribution in [0.4, 0.5) is 17.3 Å². The lowest BCUT2D eigenvalue weighted by atomic mass is 10.2. The van der Waals surface area contributed by atoms with Gasteiger partial charge in [-0.25, -0.2) is 9.97 Å². The van der Waals surface area contributed by atoms with Crippen LogP contribution in [0.1, 0.15) is 18.7 Å². The molecule has 50 heavy (non-hydrogen) atoms. The van der Waals surface area contributed by atoms with E-state index in [2.05, 4.69) is 20.4 Å². The van der Waals surface area contributed by atoms with Crippen LogP contribution in [0.15, 0.2) is 0 Å². The molecule has 1 aromatic heterocycles. The summed E-state index contributed by atoms with van der Waals surface area (Å²) in [6.07, 6.45) is 2.56. The first kappa shape index (κ1) is 48.4. The van der Waals surface area contributed by atoms with Gasteiger partial charge >= 0.3 is 5.69 Å². The normalized spacial score (nSPS) is 24.8. The molecule has 4 spiro atoms. The summed E-state index contributed by atoms with van der Waals surface area (Å²) in [4.78, 5) is 26.5. The van der Waals surface area contributed by atoms with Crippen LogP contribution in [0.25, 0.3) is 0 Å². The average molecular weight is 1010 g/mol. The van der Waals surface area contributed by atoms with Gasteiger partial charge in [-0.2, -0.15) is 0 Å². The molecular formula is C31H60Br4Cl2N11O2+. The Morgan fingerprint density at radius 3 is 1.16 bits per heavy atom. The highest BCUT2D eigenvalue weighted by Gasteiger charge is 2.45. The van der Waals surface area contributed by atoms with E-state index < -0.39 is 0 Å². The van der Waals surface area contributed by atoms with Crippen molar-refractivity contribution in [3.63, 3.8) is 0 Å². The predicted molar refractivity (Wildman–Crippen MR) is 197 cm³/mol. The number of nitrogens with zero attached hydrogens (tertiary/aromatic N) is 9. The van der Waals surface area contributed by atoms with Crippen LogP contribution in [0.3, 0.4) is 0 Å². The molecule has 0 aliphatic carbocycles. The minimum absolute atomic E-state index is 0. The summed E-state index contributed by atoms with van der Waals surface area (Å²) in [6.45, 7) is 29.1. The molecule has 0 radical (unpaired) electrons. The number of rotatable bonds is 3. The summed E-state index contributed by atoms with van der Waals surface area (Å²) in [5.41, 5.74) is 0.125. The second-order valence-corrected chi connectivity index (χ2v) is 15.1. The number of nitro groups is 1. The Labute approximate surface area is 353 Å². The van der Waals surface area contributed by atoms with Crippen molar-refractivity contribution in [1.82, 2.24) is 20.6 Å². The number of hydrogen-bond acceptors (Lipinski definition) is 8. The number of aryl methyl sites for hydroxylation is 1. The molecule has 0 amide bonds. The van der Waals surface area contributed by atoms with Gasteiger partial charge in [-0.3, -0.25) is 10.1 Å². The first-order chi connectivity index (χ1) is 21.3. The Kier molecular flexibility index (Phi) is 19.6. The van der Waals surface area contributed by atoms with Gasteiger partial charge in [0.2, 0.25) is 11.6 Å². The first-order valence-corrected chi connectivity index (χ1v) is 17.7. The van der Waals surface area contributed by atoms with Crippen molar-refractivity contribution in [3.05, 3.63) is 15.9 Å². The van der Waals surface area contributed by atoms with E-state index in [4.69, 9.17) is 9.97 Å². The number of halogens is 6. The van der Waals surface area contributed by atoms with Crippen molar-refractivity contribution in [2.45, 2.75) is 19.8 Å². The molecule has 6 fully saturated rings. The highest BCUT2D eigenvalue weighted by Crippen LogP contribution is 2.37. The molecule has 0 aromatic carbocycles. The monoisotopic (exact) mass is 1000 g/mol. The third kappa shape index (κ3) is 10.3. The number of hydrogen-bond donors (Lipinski definition) is 2. The number of nitrogens with one attached hydrogen (secondary N) is 2. The van der Waals surface area contributed by atoms with Crippen LogP contribution in [0, 0.1) is 17.0 Å². The van der Waals surface area contributed by atoms with E-state index in [1.54, 1.807) is 0 Å². The lowest BCUT2D eigenvalue weighted by Crippen LogP contribution is -3.00. The molecule has 0 bridgehead atoms. The summed E-state index contributed by atoms with van der Waals surface area (Å²) in [7, 11) is 0. The molecule has 2 N–H and O–H groups in total. The standard InChI is InChI=1S/C31H57N11O2.4BrH.2ClH/c1-28-34-30(36-8-20-41(21-9-36)14-2-12-39(24-26-41)16-4-32-5-17-39)29(38(43)44)31(35-28)37-10-22-42(23-11-37)15-3-13-40(25-27-42)18-6-33-7-19-40;;;;;;/h32-33H,2-27H2,1H3;6*1H/q+4;;;;;;/p-3. The molecule has 0 atom stereocenters. The Morgan fingerprint density at radius 1 is 0.560 bits per heavy atom. The van der Waals surface area contributed by atoms with Gasteiger partial charge in [0.1, 0.15) is 32.0 Å². The van der Waals surface area contributed by atoms with Crippen LogP contribution >= 0.6 is 41.8 Å². The average Bonchev–Trinajstić information content (AvgIpc) is 3.30. The summed E-state index contributed by atoms with van der Waals surface area (Å²) in [5, 5.41) is 19.8. The molecule has 7 rings (SSSR count). The fourth-order valence-electron chi connectivity index (χ4n) is 9.65. The van der Waals surface area contributed by atoms with Gasteiger partial charge in [0.15, 0.2) is 0 Å². The number of aromatic nitrogens is 2. The highest BCUT2D eigenvalue weighted by molar-refractivity contribution is 8.93. The third-order valence-electron chi connectivity index (χ3n) is 12.8. The second-order valence-electron chi connectivity index (χ2n) is 15.1. The van der Waals surface area contributed by atoms with Crippen LogP contribution in [-0.4, -0.2) is 190 Å². The second kappa shape index (κ2) is 20.3. The topological polar surface area (TPSA) is 99.5 Å². The molecule has 7 heterocycles. The molecule has 1 aromatic rings. The minimum Gasteiger partial charge on any atom is -1.00 e. The van der Waals surface area contributed by atoms with Crippen molar-refractivity contribution < 1.29 is 73.8 Å². The maximum atomic E-state index is 12.7. The van der Waals surface area contributed by atoms with Crippen LogP contribution in [0.5, 0.6) is 0 Å². The zero-order valence-electron chi connectivity index (χ0n) is 29.6. The summed E-state index contributed by atoms with van der Waals surface area (Å²) in [5.74, 6) is 1.74. The van der Waals surface area contributed by atoms with E-state index in [1.165, 1.54) is 100 Å². The summed E-state index contributed by atoms with van der Waals surface area (Å²) >= 11 is 0. The molecular weight excluding hydrogens is 949 g/mol. The molecule has 0 saturated carbocycles. The first-order valence-electron chi connectivity index (χ1n) is 17.7. The van der Waals surface area contributed by atoms with Crippen LogP contribution < -0.4 is 71.4 Å². The Bertz CT molecular complexity index is 1130. The lowest BCUT2D eigenvalue weighted by molar-refractivity contribution is -0.964. The zero-order chi connectivity index (χ0) is 30.3. The maximum absolute atomic E-state index is 12.7. The van der Waals surface area contributed by atoms with Crippen LogP contribution in [-0.2, 0) is 0 Å². The minimum atomic E-state index is -0.198. The van der Waals surface area contributed by atoms with Crippen LogP contribution in [0.2, 0.25) is 0 Å². The lowest BCUT2D eigenvalue weighted by Gasteiger charge is -2.46. The fourth-order valence-corrected chi connectivity index (χ4v) is 9.65. The molecule has 19 heteroatoms. The van der Waals surface area contributed by atoms with Gasteiger partial charge in [0.25, 0.3) is 0 Å². The van der Waals surface area contributed by atoms with Gasteiger partial charge in [0.05, 0.1) is 110 Å². The van der Waals surface area contributed by atoms with Gasteiger partial charge in [-0.05, 0) is 6.92 Å². The highest BCUT2D eigenvalue weighted by atomic mass is 79.9. The SMILES string of the molecule is Br.Cc1nc(N2CC[N+]3(CCC[N+]4(CCNCC4)CC3)CC2)c([N+](=O)[O-])c(N2CC[N+]3(CCC[N+]4(CCNCC4)CC3)CC2)n1.Cl.Cl.[Br-].[Br-].[Br-]. The maximum Gasteiger partial charge on any atom is 0.353 e. The van der Waals surface area contributed by atoms with E-state index >= 15 is 0 Å². The van der Waals surface area contributed by atoms with Crippen molar-refractivity contribution in [1.29, 1.82) is 0 Å². The number of anilines is 2. The van der Waals surface area contributed by atoms with E-state index in [0.717, 1.165) is 87.5 Å². The van der Waals surface area contributed by atoms with E-state index in [9.17, 15) is 10.1 Å². The largest absolute Gasteiger partial charge is 1.00 e. The van der Waals surface area contributed by atoms with E-state index in [0.29, 0.717) is 17.5 Å². The molecule has 6 saturated heterocycles. The van der Waals surface area contributed by atoms with Gasteiger partial charge < -0.3 is 89.3 Å². The zero-order valence-corrected chi connectivity index (χ0v) is 37.7. The van der Waals surface area contributed by atoms with E-state index in [-0.39, 0.29) is 103 Å². The molecule has 6 aliphatic heterocycles. The Balaban J connectivity index is 0.00000208. The Hall–Kier alpha value is 0.340. The fraction of sp³-hybridized carbons (Fsp3) is 0.871. The third-order valence-corrected chi connectivity index (χ3v) is 12.8. The smallest absolute Gasteiger partial charge is 0.353 e. The molecule has 13 nitrogen and oxygen atoms in total. The van der Waals surface area contributed by atoms with E-state index in [1.807, 2.05) is 6.92 Å². The van der Waals surface area contributed by atoms with Gasteiger partial charge in [-0.1, -0.05) is 0 Å². The molecule has 292 valence electrons. The van der Waals surface area contributed by atoms with Crippen molar-refractivity contribution in [2.75, 3.05) is 167 Å². The quantitative estimate of drug-likeness (QED) is 0.176. The predicted octanol–water partition coefficient (Wildman–Crippen LogP) is -7.95. The van der Waals surface area contributed by atoms with Gasteiger partial charge in [0, 0.05) is 39.0 Å². The molecule has 0 unspecified atom stereocenters. The summed E-state index contributed by atoms with van der Waals surface area (Å²) in [6, 6.07) is 0. The van der Waals surface area contributed by atoms with Crippen molar-refractivity contribution >= 4 is 59.1 Å². The van der Waals surface area contributed by atoms with Crippen molar-refractivity contribution in [2.24, 2.45) is 0 Å². The molecule has 6 aliphatic rings. The number of quaternary nitrogens is 4. The number of piperazine rings is 4. The van der Waals surface area contributed by atoms with Gasteiger partial charge in [-0.15, -0.1) is 41.8 Å². The van der Waals surface area contributed by atoms with Crippen molar-refractivity contribution in [3.8, 4) is 0 Å². The summed E-state index contributed by atoms with van der Waals surface area (Å²) < 4.78 is 4.89.